The SMILES string of the molecule is NC(=O)c1cccc(NC(=O)/C=C/c2ccc(C(F)(F)F)cc2)c1. The van der Waals surface area contributed by atoms with Gasteiger partial charge in [-0.3, -0.25) is 9.59 Å². The van der Waals surface area contributed by atoms with Crippen LogP contribution in [0.25, 0.3) is 6.08 Å². The molecule has 0 fully saturated rings. The van der Waals surface area contributed by atoms with Crippen LogP contribution in [0.15, 0.2) is 54.6 Å². The van der Waals surface area contributed by atoms with Crippen molar-refractivity contribution in [3.05, 3.63) is 71.3 Å². The first-order chi connectivity index (χ1) is 11.3. The normalized spacial score (nSPS) is 11.5. The summed E-state index contributed by atoms with van der Waals surface area (Å²) < 4.78 is 37.4. The molecule has 0 saturated heterocycles. The van der Waals surface area contributed by atoms with E-state index in [1.54, 1.807) is 12.1 Å². The van der Waals surface area contributed by atoms with Gasteiger partial charge in [0, 0.05) is 17.3 Å². The zero-order valence-electron chi connectivity index (χ0n) is 12.3. The lowest BCUT2D eigenvalue weighted by molar-refractivity contribution is -0.137. The fraction of sp³-hybridized carbons (Fsp3) is 0.0588. The molecule has 4 nitrogen and oxygen atoms in total. The summed E-state index contributed by atoms with van der Waals surface area (Å²) in [4.78, 5) is 22.9. The van der Waals surface area contributed by atoms with Gasteiger partial charge in [0.25, 0.3) is 0 Å². The Morgan fingerprint density at radius 2 is 1.71 bits per heavy atom. The lowest BCUT2D eigenvalue weighted by Crippen LogP contribution is -2.12. The minimum absolute atomic E-state index is 0.250. The third-order valence-electron chi connectivity index (χ3n) is 3.08. The van der Waals surface area contributed by atoms with Crippen LogP contribution >= 0.6 is 0 Å². The molecule has 7 heteroatoms. The first-order valence-corrected chi connectivity index (χ1v) is 6.82. The Morgan fingerprint density at radius 1 is 1.04 bits per heavy atom. The van der Waals surface area contributed by atoms with Gasteiger partial charge in [0.15, 0.2) is 0 Å². The molecule has 0 spiro atoms. The molecule has 0 unspecified atom stereocenters. The molecule has 0 aliphatic rings. The number of amides is 2. The monoisotopic (exact) mass is 334 g/mol. The Labute approximate surface area is 135 Å². The van der Waals surface area contributed by atoms with Crippen molar-refractivity contribution in [1.29, 1.82) is 0 Å². The van der Waals surface area contributed by atoms with Gasteiger partial charge in [-0.25, -0.2) is 0 Å². The summed E-state index contributed by atoms with van der Waals surface area (Å²) in [5.74, 6) is -1.11. The van der Waals surface area contributed by atoms with Gasteiger partial charge >= 0.3 is 6.18 Å². The Morgan fingerprint density at radius 3 is 2.29 bits per heavy atom. The summed E-state index contributed by atoms with van der Waals surface area (Å²) in [7, 11) is 0. The first-order valence-electron chi connectivity index (χ1n) is 6.82. The van der Waals surface area contributed by atoms with Crippen LogP contribution in [0.4, 0.5) is 18.9 Å². The van der Waals surface area contributed by atoms with Crippen molar-refractivity contribution in [3.8, 4) is 0 Å². The van der Waals surface area contributed by atoms with Crippen LogP contribution in [0.3, 0.4) is 0 Å². The Kier molecular flexibility index (Phi) is 5.03. The largest absolute Gasteiger partial charge is 0.416 e. The number of benzene rings is 2. The van der Waals surface area contributed by atoms with Gasteiger partial charge in [-0.2, -0.15) is 13.2 Å². The number of halogens is 3. The molecule has 0 heterocycles. The molecule has 24 heavy (non-hydrogen) atoms. The van der Waals surface area contributed by atoms with Crippen LogP contribution in [0.2, 0.25) is 0 Å². The van der Waals surface area contributed by atoms with E-state index in [4.69, 9.17) is 5.73 Å². The van der Waals surface area contributed by atoms with Gasteiger partial charge in [0.1, 0.15) is 0 Å². The molecular formula is C17H13F3N2O2. The third kappa shape index (κ3) is 4.70. The molecule has 0 aliphatic carbocycles. The second-order valence-electron chi connectivity index (χ2n) is 4.89. The summed E-state index contributed by atoms with van der Waals surface area (Å²) in [5.41, 5.74) is 5.47. The molecule has 0 aromatic heterocycles. The molecule has 2 aromatic rings. The summed E-state index contributed by atoms with van der Waals surface area (Å²) >= 11 is 0. The van der Waals surface area contributed by atoms with Crippen molar-refractivity contribution in [2.45, 2.75) is 6.18 Å². The average Bonchev–Trinajstić information content (AvgIpc) is 2.53. The predicted molar refractivity (Wildman–Crippen MR) is 84.1 cm³/mol. The van der Waals surface area contributed by atoms with E-state index in [0.29, 0.717) is 11.3 Å². The zero-order chi connectivity index (χ0) is 17.7. The van der Waals surface area contributed by atoms with Crippen molar-refractivity contribution in [2.24, 2.45) is 5.73 Å². The lowest BCUT2D eigenvalue weighted by atomic mass is 10.1. The number of hydrogen-bond donors (Lipinski definition) is 2. The molecule has 2 amide bonds. The maximum atomic E-state index is 12.5. The fourth-order valence-corrected chi connectivity index (χ4v) is 1.89. The summed E-state index contributed by atoms with van der Waals surface area (Å²) in [6.07, 6.45) is -1.84. The van der Waals surface area contributed by atoms with E-state index < -0.39 is 23.6 Å². The number of anilines is 1. The maximum absolute atomic E-state index is 12.5. The molecule has 0 saturated carbocycles. The highest BCUT2D eigenvalue weighted by atomic mass is 19.4. The lowest BCUT2D eigenvalue weighted by Gasteiger charge is -2.06. The fourth-order valence-electron chi connectivity index (χ4n) is 1.89. The number of alkyl halides is 3. The van der Waals surface area contributed by atoms with E-state index >= 15 is 0 Å². The van der Waals surface area contributed by atoms with Crippen molar-refractivity contribution in [2.75, 3.05) is 5.32 Å². The topological polar surface area (TPSA) is 72.2 Å². The second kappa shape index (κ2) is 6.99. The number of carbonyl (C=O) groups is 2. The number of primary amides is 1. The summed E-state index contributed by atoms with van der Waals surface area (Å²) in [5, 5.41) is 2.53. The molecule has 0 atom stereocenters. The Bertz CT molecular complexity index is 781. The molecule has 2 aromatic carbocycles. The molecule has 3 N–H and O–H groups in total. The van der Waals surface area contributed by atoms with Gasteiger partial charge in [-0.15, -0.1) is 0 Å². The van der Waals surface area contributed by atoms with Crippen molar-refractivity contribution >= 4 is 23.6 Å². The van der Waals surface area contributed by atoms with Gasteiger partial charge in [-0.05, 0) is 42.0 Å². The second-order valence-corrected chi connectivity index (χ2v) is 4.89. The number of nitrogens with one attached hydrogen (secondary N) is 1. The number of hydrogen-bond acceptors (Lipinski definition) is 2. The van der Waals surface area contributed by atoms with Crippen LogP contribution in [0.1, 0.15) is 21.5 Å². The standard InChI is InChI=1S/C17H13F3N2O2/c18-17(19,20)13-7-4-11(5-8-13)6-9-15(23)22-14-3-1-2-12(10-14)16(21)24/h1-10H,(H2,21,24)(H,22,23)/b9-6+. The van der Waals surface area contributed by atoms with Crippen LogP contribution in [0.5, 0.6) is 0 Å². The van der Waals surface area contributed by atoms with Crippen molar-refractivity contribution < 1.29 is 22.8 Å². The third-order valence-corrected chi connectivity index (χ3v) is 3.08. The van der Waals surface area contributed by atoms with Crippen LogP contribution < -0.4 is 11.1 Å². The van der Waals surface area contributed by atoms with Crippen molar-refractivity contribution in [3.63, 3.8) is 0 Å². The highest BCUT2D eigenvalue weighted by Gasteiger charge is 2.29. The van der Waals surface area contributed by atoms with E-state index in [1.165, 1.54) is 36.4 Å². The van der Waals surface area contributed by atoms with Gasteiger partial charge < -0.3 is 11.1 Å². The molecule has 0 bridgehead atoms. The highest BCUT2D eigenvalue weighted by molar-refractivity contribution is 6.03. The van der Waals surface area contributed by atoms with E-state index in [9.17, 15) is 22.8 Å². The average molecular weight is 334 g/mol. The molecule has 124 valence electrons. The van der Waals surface area contributed by atoms with Gasteiger partial charge in [0.05, 0.1) is 5.56 Å². The Balaban J connectivity index is 2.03. The molecular weight excluding hydrogens is 321 g/mol. The van der Waals surface area contributed by atoms with Crippen molar-refractivity contribution in [1.82, 2.24) is 0 Å². The van der Waals surface area contributed by atoms with Crippen LogP contribution in [0, 0.1) is 0 Å². The number of nitrogens with two attached hydrogens (primary N) is 1. The summed E-state index contributed by atoms with van der Waals surface area (Å²) in [6.45, 7) is 0. The quantitative estimate of drug-likeness (QED) is 0.841. The van der Waals surface area contributed by atoms with Gasteiger partial charge in [0.2, 0.25) is 11.8 Å². The predicted octanol–water partition coefficient (Wildman–Crippen LogP) is 3.46. The van der Waals surface area contributed by atoms with Crippen LogP contribution in [-0.2, 0) is 11.0 Å². The minimum atomic E-state index is -4.40. The summed E-state index contributed by atoms with van der Waals surface area (Å²) in [6, 6.07) is 10.5. The Hall–Kier alpha value is -3.09. The first kappa shape index (κ1) is 17.3. The number of rotatable bonds is 4. The van der Waals surface area contributed by atoms with E-state index in [0.717, 1.165) is 12.1 Å². The molecule has 2 rings (SSSR count). The zero-order valence-corrected chi connectivity index (χ0v) is 12.3. The number of carbonyl (C=O) groups excluding carboxylic acids is 2. The van der Waals surface area contributed by atoms with E-state index in [1.807, 2.05) is 0 Å². The highest BCUT2D eigenvalue weighted by Crippen LogP contribution is 2.29. The molecule has 0 aliphatic heterocycles. The molecule has 0 radical (unpaired) electrons. The van der Waals surface area contributed by atoms with Gasteiger partial charge in [-0.1, -0.05) is 18.2 Å². The smallest absolute Gasteiger partial charge is 0.366 e. The van der Waals surface area contributed by atoms with E-state index in [-0.39, 0.29) is 5.56 Å². The van der Waals surface area contributed by atoms with E-state index in [2.05, 4.69) is 5.32 Å². The minimum Gasteiger partial charge on any atom is -0.366 e. The maximum Gasteiger partial charge on any atom is 0.416 e. The van der Waals surface area contributed by atoms with Crippen LogP contribution in [-0.4, -0.2) is 11.8 Å².